The van der Waals surface area contributed by atoms with E-state index in [0.29, 0.717) is 0 Å². The van der Waals surface area contributed by atoms with Gasteiger partial charge in [0.15, 0.2) is 0 Å². The number of fused-ring (bicyclic) bond motifs is 3. The highest BCUT2D eigenvalue weighted by atomic mass is 16.3. The number of aromatic amines is 1. The summed E-state index contributed by atoms with van der Waals surface area (Å²) in [5.74, 6) is 0.254. The largest absolute Gasteiger partial charge is 0.508 e. The quantitative estimate of drug-likeness (QED) is 0.454. The summed E-state index contributed by atoms with van der Waals surface area (Å²) in [6.45, 7) is 0. The summed E-state index contributed by atoms with van der Waals surface area (Å²) in [5.41, 5.74) is 11.1. The van der Waals surface area contributed by atoms with E-state index in [1.54, 1.807) is 12.1 Å². The maximum Gasteiger partial charge on any atom is 0.115 e. The first-order valence-corrected chi connectivity index (χ1v) is 6.82. The zero-order valence-corrected chi connectivity index (χ0v) is 11.3. The van der Waals surface area contributed by atoms with Crippen LogP contribution in [0.1, 0.15) is 0 Å². The molecule has 102 valence electrons. The number of H-pyrrole nitrogens is 1. The Balaban J connectivity index is 2.02. The van der Waals surface area contributed by atoms with E-state index >= 15 is 0 Å². The van der Waals surface area contributed by atoms with Crippen LogP contribution in [-0.4, -0.2) is 10.1 Å². The number of hydrogen-bond donors (Lipinski definition) is 3. The van der Waals surface area contributed by atoms with Crippen LogP contribution in [0.4, 0.5) is 5.69 Å². The predicted octanol–water partition coefficient (Wildman–Crippen LogP) is 4.28. The molecule has 0 bridgehead atoms. The molecule has 1 aromatic heterocycles. The van der Waals surface area contributed by atoms with Gasteiger partial charge in [-0.05, 0) is 23.8 Å². The molecule has 0 unspecified atom stereocenters. The van der Waals surface area contributed by atoms with Crippen molar-refractivity contribution >= 4 is 27.5 Å². The average Bonchev–Trinajstić information content (AvgIpc) is 2.89. The summed E-state index contributed by atoms with van der Waals surface area (Å²) >= 11 is 0. The van der Waals surface area contributed by atoms with E-state index < -0.39 is 0 Å². The zero-order valence-electron chi connectivity index (χ0n) is 11.3. The van der Waals surface area contributed by atoms with Crippen molar-refractivity contribution in [2.75, 3.05) is 5.73 Å². The van der Waals surface area contributed by atoms with Gasteiger partial charge in [0.1, 0.15) is 5.75 Å². The van der Waals surface area contributed by atoms with Crippen molar-refractivity contribution in [1.29, 1.82) is 0 Å². The number of nitrogens with two attached hydrogens (primary N) is 1. The number of anilines is 1. The molecule has 0 radical (unpaired) electrons. The molecule has 0 aliphatic heterocycles. The number of phenols is 1. The smallest absolute Gasteiger partial charge is 0.115 e. The maximum atomic E-state index is 9.40. The van der Waals surface area contributed by atoms with E-state index in [4.69, 9.17) is 5.73 Å². The van der Waals surface area contributed by atoms with Crippen molar-refractivity contribution in [3.63, 3.8) is 0 Å². The molecule has 3 heteroatoms. The predicted molar refractivity (Wildman–Crippen MR) is 87.3 cm³/mol. The summed E-state index contributed by atoms with van der Waals surface area (Å²) in [7, 11) is 0. The van der Waals surface area contributed by atoms with E-state index in [-0.39, 0.29) is 5.75 Å². The SMILES string of the molecule is Nc1c(-c2ccc(O)cc2)ccc2c1[nH]c1ccccc12. The number of aromatic nitrogens is 1. The number of nitrogen functional groups attached to an aromatic ring is 1. The van der Waals surface area contributed by atoms with Gasteiger partial charge in [0, 0.05) is 21.9 Å². The standard InChI is InChI=1S/C18H14N2O/c19-17-13(11-5-7-12(21)8-6-11)9-10-15-14-3-1-2-4-16(14)20-18(15)17/h1-10,20-21H,19H2. The molecule has 0 aliphatic carbocycles. The summed E-state index contributed by atoms with van der Waals surface area (Å²) in [4.78, 5) is 3.39. The molecule has 0 atom stereocenters. The molecule has 0 spiro atoms. The first-order valence-electron chi connectivity index (χ1n) is 6.82. The van der Waals surface area contributed by atoms with Crippen LogP contribution < -0.4 is 5.73 Å². The molecular formula is C18H14N2O. The van der Waals surface area contributed by atoms with Crippen LogP contribution in [-0.2, 0) is 0 Å². The lowest BCUT2D eigenvalue weighted by Crippen LogP contribution is -1.91. The normalized spacial score (nSPS) is 11.2. The third kappa shape index (κ3) is 1.75. The summed E-state index contributed by atoms with van der Waals surface area (Å²) in [6, 6.07) is 19.4. The fourth-order valence-electron chi connectivity index (χ4n) is 2.83. The summed E-state index contributed by atoms with van der Waals surface area (Å²) in [6.07, 6.45) is 0. The number of benzene rings is 3. The number of hydrogen-bond acceptors (Lipinski definition) is 2. The molecule has 4 aromatic rings. The highest BCUT2D eigenvalue weighted by Crippen LogP contribution is 2.36. The Bertz CT molecular complexity index is 952. The Morgan fingerprint density at radius 1 is 0.810 bits per heavy atom. The molecule has 21 heavy (non-hydrogen) atoms. The number of phenolic OH excluding ortho intramolecular Hbond substituents is 1. The van der Waals surface area contributed by atoms with Crippen LogP contribution in [0.15, 0.2) is 60.7 Å². The molecular weight excluding hydrogens is 260 g/mol. The monoisotopic (exact) mass is 274 g/mol. The van der Waals surface area contributed by atoms with Gasteiger partial charge < -0.3 is 15.8 Å². The van der Waals surface area contributed by atoms with Gasteiger partial charge in [0.25, 0.3) is 0 Å². The lowest BCUT2D eigenvalue weighted by molar-refractivity contribution is 0.475. The van der Waals surface area contributed by atoms with Crippen molar-refractivity contribution in [3.05, 3.63) is 60.7 Å². The van der Waals surface area contributed by atoms with Crippen molar-refractivity contribution in [2.24, 2.45) is 0 Å². The number of aromatic hydroxyl groups is 1. The van der Waals surface area contributed by atoms with Gasteiger partial charge in [-0.1, -0.05) is 42.5 Å². The fourth-order valence-corrected chi connectivity index (χ4v) is 2.83. The molecule has 1 heterocycles. The molecule has 4 rings (SSSR count). The zero-order chi connectivity index (χ0) is 14.4. The van der Waals surface area contributed by atoms with Gasteiger partial charge in [-0.25, -0.2) is 0 Å². The maximum absolute atomic E-state index is 9.40. The summed E-state index contributed by atoms with van der Waals surface area (Å²) < 4.78 is 0. The number of para-hydroxylation sites is 1. The van der Waals surface area contributed by atoms with Crippen LogP contribution in [0.2, 0.25) is 0 Å². The first-order chi connectivity index (χ1) is 10.2. The molecule has 3 nitrogen and oxygen atoms in total. The Hall–Kier alpha value is -2.94. The van der Waals surface area contributed by atoms with Crippen LogP contribution in [0.3, 0.4) is 0 Å². The molecule has 0 amide bonds. The van der Waals surface area contributed by atoms with Crippen molar-refractivity contribution in [1.82, 2.24) is 4.98 Å². The minimum absolute atomic E-state index is 0.254. The van der Waals surface area contributed by atoms with E-state index in [2.05, 4.69) is 23.2 Å². The minimum Gasteiger partial charge on any atom is -0.508 e. The average molecular weight is 274 g/mol. The minimum atomic E-state index is 0.254. The van der Waals surface area contributed by atoms with Gasteiger partial charge in [0.05, 0.1) is 11.2 Å². The second-order valence-corrected chi connectivity index (χ2v) is 5.17. The van der Waals surface area contributed by atoms with Crippen molar-refractivity contribution in [2.45, 2.75) is 0 Å². The van der Waals surface area contributed by atoms with Gasteiger partial charge >= 0.3 is 0 Å². The molecule has 0 saturated carbocycles. The molecule has 0 aliphatic rings. The molecule has 3 aromatic carbocycles. The van der Waals surface area contributed by atoms with Crippen molar-refractivity contribution in [3.8, 4) is 16.9 Å². The third-order valence-corrected chi connectivity index (χ3v) is 3.90. The highest BCUT2D eigenvalue weighted by molar-refractivity contribution is 6.13. The van der Waals surface area contributed by atoms with Crippen LogP contribution in [0.25, 0.3) is 32.9 Å². The van der Waals surface area contributed by atoms with E-state index in [9.17, 15) is 5.11 Å². The fraction of sp³-hybridized carbons (Fsp3) is 0. The van der Waals surface area contributed by atoms with Gasteiger partial charge in [-0.15, -0.1) is 0 Å². The highest BCUT2D eigenvalue weighted by Gasteiger charge is 2.11. The lowest BCUT2D eigenvalue weighted by Gasteiger charge is -2.07. The van der Waals surface area contributed by atoms with Crippen LogP contribution >= 0.6 is 0 Å². The van der Waals surface area contributed by atoms with Gasteiger partial charge in [-0.3, -0.25) is 0 Å². The molecule has 0 fully saturated rings. The Kier molecular flexibility index (Phi) is 2.42. The topological polar surface area (TPSA) is 62.0 Å². The van der Waals surface area contributed by atoms with E-state index in [1.165, 1.54) is 5.39 Å². The Morgan fingerprint density at radius 2 is 1.57 bits per heavy atom. The van der Waals surface area contributed by atoms with Crippen molar-refractivity contribution < 1.29 is 5.11 Å². The lowest BCUT2D eigenvalue weighted by atomic mass is 10.0. The van der Waals surface area contributed by atoms with Gasteiger partial charge in [-0.2, -0.15) is 0 Å². The first kappa shape index (κ1) is 11.9. The summed E-state index contributed by atoms with van der Waals surface area (Å²) in [5, 5.41) is 11.7. The molecule has 0 saturated heterocycles. The second-order valence-electron chi connectivity index (χ2n) is 5.17. The number of nitrogens with one attached hydrogen (secondary N) is 1. The Morgan fingerprint density at radius 3 is 2.38 bits per heavy atom. The second kappa shape index (κ2) is 4.28. The van der Waals surface area contributed by atoms with E-state index in [0.717, 1.165) is 33.2 Å². The van der Waals surface area contributed by atoms with Crippen LogP contribution in [0.5, 0.6) is 5.75 Å². The Labute approximate surface area is 121 Å². The van der Waals surface area contributed by atoms with Crippen LogP contribution in [0, 0.1) is 0 Å². The molecule has 4 N–H and O–H groups in total. The van der Waals surface area contributed by atoms with Gasteiger partial charge in [0.2, 0.25) is 0 Å². The number of rotatable bonds is 1. The third-order valence-electron chi connectivity index (χ3n) is 3.90. The van der Waals surface area contributed by atoms with E-state index in [1.807, 2.05) is 30.3 Å².